The number of nitrogens with two attached hydrogens (primary N) is 1. The molecule has 0 unspecified atom stereocenters. The van der Waals surface area contributed by atoms with Crippen molar-refractivity contribution < 1.29 is 4.74 Å². The van der Waals surface area contributed by atoms with E-state index in [-0.39, 0.29) is 0 Å². The van der Waals surface area contributed by atoms with E-state index in [0.717, 1.165) is 37.8 Å². The van der Waals surface area contributed by atoms with Crippen LogP contribution in [0, 0.1) is 5.92 Å². The van der Waals surface area contributed by atoms with Gasteiger partial charge in [0.05, 0.1) is 6.61 Å². The molecule has 3 N–H and O–H groups in total. The van der Waals surface area contributed by atoms with Crippen molar-refractivity contribution in [2.24, 2.45) is 11.7 Å². The maximum absolute atomic E-state index is 5.76. The maximum atomic E-state index is 5.76. The highest BCUT2D eigenvalue weighted by atomic mass is 16.5. The summed E-state index contributed by atoms with van der Waals surface area (Å²) in [5.74, 6) is 1.76. The van der Waals surface area contributed by atoms with E-state index in [0.29, 0.717) is 6.04 Å². The van der Waals surface area contributed by atoms with Crippen LogP contribution >= 0.6 is 0 Å². The first-order valence-corrected chi connectivity index (χ1v) is 6.96. The molecular weight excluding hydrogens is 224 g/mol. The Kier molecular flexibility index (Phi) is 5.02. The highest BCUT2D eigenvalue weighted by Gasteiger charge is 2.24. The summed E-state index contributed by atoms with van der Waals surface area (Å²) >= 11 is 0. The van der Waals surface area contributed by atoms with E-state index in [4.69, 9.17) is 10.5 Å². The monoisotopic (exact) mass is 248 g/mol. The molecule has 18 heavy (non-hydrogen) atoms. The summed E-state index contributed by atoms with van der Waals surface area (Å²) in [6.45, 7) is 4.89. The Morgan fingerprint density at radius 3 is 2.61 bits per heavy atom. The van der Waals surface area contributed by atoms with Gasteiger partial charge >= 0.3 is 0 Å². The first-order valence-electron chi connectivity index (χ1n) is 6.96. The minimum absolute atomic E-state index is 0.461. The van der Waals surface area contributed by atoms with E-state index in [1.807, 2.05) is 19.1 Å². The summed E-state index contributed by atoms with van der Waals surface area (Å²) in [5, 5.41) is 3.51. The standard InChI is InChI=1S/C15H24N2O/c1-2-18-15-5-3-12(4-6-15)7-8-17-11-13-9-14(16)10-13/h3-6,13-14,17H,2,7-11,16H2,1H3. The fraction of sp³-hybridized carbons (Fsp3) is 0.600. The molecule has 100 valence electrons. The average molecular weight is 248 g/mol. The highest BCUT2D eigenvalue weighted by molar-refractivity contribution is 5.27. The van der Waals surface area contributed by atoms with Crippen LogP contribution in [0.2, 0.25) is 0 Å². The number of hydrogen-bond acceptors (Lipinski definition) is 3. The van der Waals surface area contributed by atoms with Gasteiger partial charge in [0, 0.05) is 6.04 Å². The Morgan fingerprint density at radius 2 is 2.00 bits per heavy atom. The van der Waals surface area contributed by atoms with Gasteiger partial charge < -0.3 is 15.8 Å². The number of hydrogen-bond donors (Lipinski definition) is 2. The van der Waals surface area contributed by atoms with Crippen molar-refractivity contribution in [2.75, 3.05) is 19.7 Å². The SMILES string of the molecule is CCOc1ccc(CCNCC2CC(N)C2)cc1. The average Bonchev–Trinajstić information content (AvgIpc) is 2.34. The summed E-state index contributed by atoms with van der Waals surface area (Å²) in [7, 11) is 0. The van der Waals surface area contributed by atoms with Gasteiger partial charge in [-0.1, -0.05) is 12.1 Å². The molecule has 1 aromatic rings. The lowest BCUT2D eigenvalue weighted by Crippen LogP contribution is -2.41. The molecular formula is C15H24N2O. The smallest absolute Gasteiger partial charge is 0.119 e. The summed E-state index contributed by atoms with van der Waals surface area (Å²) in [6.07, 6.45) is 3.46. The number of rotatable bonds is 7. The van der Waals surface area contributed by atoms with Gasteiger partial charge in [0.1, 0.15) is 5.75 Å². The lowest BCUT2D eigenvalue weighted by atomic mass is 9.81. The fourth-order valence-electron chi connectivity index (χ4n) is 2.41. The molecule has 0 atom stereocenters. The highest BCUT2D eigenvalue weighted by Crippen LogP contribution is 2.24. The Labute approximate surface area is 110 Å². The molecule has 1 aliphatic rings. The summed E-state index contributed by atoms with van der Waals surface area (Å²) in [6, 6.07) is 8.84. The topological polar surface area (TPSA) is 47.3 Å². The second-order valence-corrected chi connectivity index (χ2v) is 5.13. The lowest BCUT2D eigenvalue weighted by molar-refractivity contribution is 0.257. The molecule has 1 saturated carbocycles. The van der Waals surface area contributed by atoms with E-state index < -0.39 is 0 Å². The third-order valence-electron chi connectivity index (χ3n) is 3.53. The third-order valence-corrected chi connectivity index (χ3v) is 3.53. The van der Waals surface area contributed by atoms with Crippen LogP contribution in [-0.2, 0) is 6.42 Å². The molecule has 3 heteroatoms. The zero-order valence-electron chi connectivity index (χ0n) is 11.2. The van der Waals surface area contributed by atoms with Crippen LogP contribution in [0.4, 0.5) is 0 Å². The number of benzene rings is 1. The molecule has 1 aromatic carbocycles. The van der Waals surface area contributed by atoms with Crippen molar-refractivity contribution in [3.8, 4) is 5.75 Å². The van der Waals surface area contributed by atoms with Gasteiger partial charge in [-0.25, -0.2) is 0 Å². The molecule has 0 bridgehead atoms. The van der Waals surface area contributed by atoms with Gasteiger partial charge in [-0.2, -0.15) is 0 Å². The first kappa shape index (κ1) is 13.4. The van der Waals surface area contributed by atoms with Gasteiger partial charge in [-0.05, 0) is 62.9 Å². The molecule has 0 aromatic heterocycles. The molecule has 0 aliphatic heterocycles. The first-order chi connectivity index (χ1) is 8.78. The molecule has 3 nitrogen and oxygen atoms in total. The van der Waals surface area contributed by atoms with E-state index in [2.05, 4.69) is 17.4 Å². The van der Waals surface area contributed by atoms with Crippen LogP contribution in [-0.4, -0.2) is 25.7 Å². The molecule has 0 amide bonds. The molecule has 0 spiro atoms. The largest absolute Gasteiger partial charge is 0.494 e. The van der Waals surface area contributed by atoms with Crippen LogP contribution in [0.15, 0.2) is 24.3 Å². The van der Waals surface area contributed by atoms with Crippen LogP contribution in [0.1, 0.15) is 25.3 Å². The molecule has 2 rings (SSSR count). The van der Waals surface area contributed by atoms with Crippen LogP contribution in [0.3, 0.4) is 0 Å². The second kappa shape index (κ2) is 6.76. The zero-order chi connectivity index (χ0) is 12.8. The predicted octanol–water partition coefficient (Wildman–Crippen LogP) is 1.95. The van der Waals surface area contributed by atoms with E-state index >= 15 is 0 Å². The molecule has 0 heterocycles. The summed E-state index contributed by atoms with van der Waals surface area (Å²) in [5.41, 5.74) is 7.12. The summed E-state index contributed by atoms with van der Waals surface area (Å²) < 4.78 is 5.42. The minimum atomic E-state index is 0.461. The van der Waals surface area contributed by atoms with E-state index in [1.165, 1.54) is 18.4 Å². The van der Waals surface area contributed by atoms with Gasteiger partial charge in [0.2, 0.25) is 0 Å². The van der Waals surface area contributed by atoms with Crippen molar-refractivity contribution in [3.63, 3.8) is 0 Å². The van der Waals surface area contributed by atoms with Crippen molar-refractivity contribution >= 4 is 0 Å². The summed E-state index contributed by atoms with van der Waals surface area (Å²) in [4.78, 5) is 0. The van der Waals surface area contributed by atoms with Gasteiger partial charge in [-0.15, -0.1) is 0 Å². The minimum Gasteiger partial charge on any atom is -0.494 e. The van der Waals surface area contributed by atoms with Gasteiger partial charge in [0.15, 0.2) is 0 Å². The number of nitrogens with one attached hydrogen (secondary N) is 1. The van der Waals surface area contributed by atoms with Crippen molar-refractivity contribution in [1.82, 2.24) is 5.32 Å². The Balaban J connectivity index is 1.61. The van der Waals surface area contributed by atoms with E-state index in [9.17, 15) is 0 Å². The molecule has 0 saturated heterocycles. The van der Waals surface area contributed by atoms with Gasteiger partial charge in [0.25, 0.3) is 0 Å². The molecule has 1 fully saturated rings. The Bertz CT molecular complexity index is 344. The second-order valence-electron chi connectivity index (χ2n) is 5.13. The number of ether oxygens (including phenoxy) is 1. The normalized spacial score (nSPS) is 22.6. The molecule has 0 radical (unpaired) electrons. The maximum Gasteiger partial charge on any atom is 0.119 e. The fourth-order valence-corrected chi connectivity index (χ4v) is 2.41. The quantitative estimate of drug-likeness (QED) is 0.725. The lowest BCUT2D eigenvalue weighted by Gasteiger charge is -2.32. The predicted molar refractivity (Wildman–Crippen MR) is 74.9 cm³/mol. The van der Waals surface area contributed by atoms with Crippen LogP contribution in [0.5, 0.6) is 5.75 Å². The van der Waals surface area contributed by atoms with E-state index in [1.54, 1.807) is 0 Å². The van der Waals surface area contributed by atoms with Crippen molar-refractivity contribution in [2.45, 2.75) is 32.2 Å². The van der Waals surface area contributed by atoms with Crippen LogP contribution in [0.25, 0.3) is 0 Å². The van der Waals surface area contributed by atoms with Crippen molar-refractivity contribution in [3.05, 3.63) is 29.8 Å². The Hall–Kier alpha value is -1.06. The molecule has 1 aliphatic carbocycles. The van der Waals surface area contributed by atoms with Crippen LogP contribution < -0.4 is 15.8 Å². The Morgan fingerprint density at radius 1 is 1.28 bits per heavy atom. The third kappa shape index (κ3) is 4.00. The van der Waals surface area contributed by atoms with Crippen molar-refractivity contribution in [1.29, 1.82) is 0 Å². The zero-order valence-corrected chi connectivity index (χ0v) is 11.2. The van der Waals surface area contributed by atoms with Gasteiger partial charge in [-0.3, -0.25) is 0 Å².